The van der Waals surface area contributed by atoms with Gasteiger partial charge in [0.2, 0.25) is 5.91 Å². The van der Waals surface area contributed by atoms with Crippen LogP contribution in [0.3, 0.4) is 0 Å². The molecule has 2 amide bonds. The Bertz CT molecular complexity index is 908. The molecule has 4 nitrogen and oxygen atoms in total. The van der Waals surface area contributed by atoms with E-state index in [1.165, 1.54) is 28.8 Å². The smallest absolute Gasteiger partial charge is 0.257 e. The second kappa shape index (κ2) is 9.18. The van der Waals surface area contributed by atoms with Crippen LogP contribution >= 0.6 is 23.4 Å². The number of rotatable bonds is 5. The van der Waals surface area contributed by atoms with E-state index < -0.39 is 11.4 Å². The van der Waals surface area contributed by atoms with Crippen molar-refractivity contribution in [2.24, 2.45) is 5.92 Å². The molecule has 0 spiro atoms. The largest absolute Gasteiger partial charge is 0.352 e. The number of nitrogens with one attached hydrogen (secondary N) is 1. The highest BCUT2D eigenvalue weighted by atomic mass is 35.5. The lowest BCUT2D eigenvalue weighted by Gasteiger charge is -2.30. The molecule has 0 aromatic heterocycles. The summed E-state index contributed by atoms with van der Waals surface area (Å²) >= 11 is 7.70. The average Bonchev–Trinajstić information content (AvgIpc) is 3.13. The van der Waals surface area contributed by atoms with E-state index in [1.54, 1.807) is 36.4 Å². The lowest BCUT2D eigenvalue weighted by molar-refractivity contribution is -0.125. The average molecular weight is 435 g/mol. The van der Waals surface area contributed by atoms with E-state index >= 15 is 0 Å². The monoisotopic (exact) mass is 434 g/mol. The fraction of sp³-hybridized carbons (Fsp3) is 0.364. The molecule has 154 valence electrons. The normalized spacial score (nSPS) is 20.0. The summed E-state index contributed by atoms with van der Waals surface area (Å²) in [6.45, 7) is 5.99. The maximum Gasteiger partial charge on any atom is 0.257 e. The first kappa shape index (κ1) is 21.7. The first-order valence-electron chi connectivity index (χ1n) is 9.54. The molecular weight excluding hydrogens is 411 g/mol. The Kier molecular flexibility index (Phi) is 6.85. The molecule has 2 aromatic rings. The van der Waals surface area contributed by atoms with Crippen LogP contribution < -0.4 is 5.32 Å². The molecule has 0 radical (unpaired) electrons. The summed E-state index contributed by atoms with van der Waals surface area (Å²) in [6, 6.07) is 12.2. The van der Waals surface area contributed by atoms with Crippen molar-refractivity contribution in [2.45, 2.75) is 38.2 Å². The summed E-state index contributed by atoms with van der Waals surface area (Å²) in [5.41, 5.74) is 0.968. The van der Waals surface area contributed by atoms with Crippen LogP contribution in [0.1, 0.15) is 42.1 Å². The molecule has 2 aromatic carbocycles. The van der Waals surface area contributed by atoms with Crippen molar-refractivity contribution in [2.75, 3.05) is 5.75 Å². The Labute approximate surface area is 179 Å². The third-order valence-corrected chi connectivity index (χ3v) is 6.80. The zero-order valence-electron chi connectivity index (χ0n) is 16.6. The molecule has 3 atom stereocenters. The highest BCUT2D eigenvalue weighted by Crippen LogP contribution is 2.43. The van der Waals surface area contributed by atoms with E-state index in [4.69, 9.17) is 11.6 Å². The van der Waals surface area contributed by atoms with Crippen molar-refractivity contribution < 1.29 is 14.0 Å². The summed E-state index contributed by atoms with van der Waals surface area (Å²) in [7, 11) is 0. The van der Waals surface area contributed by atoms with Crippen LogP contribution in [0.25, 0.3) is 0 Å². The Morgan fingerprint density at radius 1 is 1.17 bits per heavy atom. The molecule has 1 heterocycles. The minimum absolute atomic E-state index is 0.0296. The predicted molar refractivity (Wildman–Crippen MR) is 115 cm³/mol. The molecule has 1 saturated heterocycles. The van der Waals surface area contributed by atoms with Crippen LogP contribution in [0.2, 0.25) is 5.02 Å². The molecule has 1 fully saturated rings. The zero-order valence-corrected chi connectivity index (χ0v) is 18.1. The molecule has 1 aliphatic heterocycles. The SMILES string of the molecule is CC(C)C(C)NC(=O)C1CSC(c2cccc(F)c2)N1C(=O)c1ccccc1Cl. The van der Waals surface area contributed by atoms with Crippen molar-refractivity contribution in [3.8, 4) is 0 Å². The van der Waals surface area contributed by atoms with E-state index in [1.807, 2.05) is 20.8 Å². The topological polar surface area (TPSA) is 49.4 Å². The Balaban J connectivity index is 1.97. The van der Waals surface area contributed by atoms with Crippen molar-refractivity contribution in [1.29, 1.82) is 0 Å². The number of carbonyl (C=O) groups excluding carboxylic acids is 2. The number of halogens is 2. The molecule has 29 heavy (non-hydrogen) atoms. The fourth-order valence-electron chi connectivity index (χ4n) is 3.13. The van der Waals surface area contributed by atoms with E-state index in [9.17, 15) is 14.0 Å². The summed E-state index contributed by atoms with van der Waals surface area (Å²) in [5.74, 6) is -0.242. The van der Waals surface area contributed by atoms with Gasteiger partial charge in [0.25, 0.3) is 5.91 Å². The molecule has 1 aliphatic rings. The third kappa shape index (κ3) is 4.75. The Morgan fingerprint density at radius 2 is 1.90 bits per heavy atom. The van der Waals surface area contributed by atoms with Gasteiger partial charge in [0, 0.05) is 11.8 Å². The molecule has 3 unspecified atom stereocenters. The van der Waals surface area contributed by atoms with Gasteiger partial charge >= 0.3 is 0 Å². The van der Waals surface area contributed by atoms with Crippen LogP contribution in [-0.2, 0) is 4.79 Å². The van der Waals surface area contributed by atoms with Crippen molar-refractivity contribution in [3.05, 3.63) is 70.5 Å². The Hall–Kier alpha value is -2.05. The van der Waals surface area contributed by atoms with Gasteiger partial charge in [0.05, 0.1) is 10.6 Å². The summed E-state index contributed by atoms with van der Waals surface area (Å²) in [4.78, 5) is 28.0. The van der Waals surface area contributed by atoms with Gasteiger partial charge in [0.15, 0.2) is 0 Å². The molecular formula is C22H24ClFN2O2S. The number of hydrogen-bond acceptors (Lipinski definition) is 3. The minimum atomic E-state index is -0.668. The number of benzene rings is 2. The molecule has 0 saturated carbocycles. The van der Waals surface area contributed by atoms with E-state index in [-0.39, 0.29) is 29.6 Å². The summed E-state index contributed by atoms with van der Waals surface area (Å²) < 4.78 is 13.8. The van der Waals surface area contributed by atoms with Gasteiger partial charge in [-0.15, -0.1) is 11.8 Å². The number of carbonyl (C=O) groups is 2. The third-order valence-electron chi connectivity index (χ3n) is 5.15. The van der Waals surface area contributed by atoms with Gasteiger partial charge in [-0.3, -0.25) is 9.59 Å². The number of thioether (sulfide) groups is 1. The van der Waals surface area contributed by atoms with Crippen LogP contribution in [0.5, 0.6) is 0 Å². The Morgan fingerprint density at radius 3 is 2.55 bits per heavy atom. The van der Waals surface area contributed by atoms with Gasteiger partial charge in [-0.05, 0) is 42.7 Å². The summed E-state index contributed by atoms with van der Waals surface area (Å²) in [6.07, 6.45) is 0. The lowest BCUT2D eigenvalue weighted by atomic mass is 10.1. The van der Waals surface area contributed by atoms with Crippen molar-refractivity contribution in [1.82, 2.24) is 10.2 Å². The van der Waals surface area contributed by atoms with Gasteiger partial charge in [0.1, 0.15) is 17.2 Å². The van der Waals surface area contributed by atoms with Gasteiger partial charge in [-0.2, -0.15) is 0 Å². The molecule has 1 N–H and O–H groups in total. The van der Waals surface area contributed by atoms with Crippen molar-refractivity contribution >= 4 is 35.2 Å². The maximum atomic E-state index is 13.8. The van der Waals surface area contributed by atoms with Crippen molar-refractivity contribution in [3.63, 3.8) is 0 Å². The molecule has 0 aliphatic carbocycles. The maximum absolute atomic E-state index is 13.8. The van der Waals surface area contributed by atoms with Crippen LogP contribution in [0.4, 0.5) is 4.39 Å². The second-order valence-corrected chi connectivity index (χ2v) is 9.01. The van der Waals surface area contributed by atoms with E-state index in [0.29, 0.717) is 21.9 Å². The highest BCUT2D eigenvalue weighted by Gasteiger charge is 2.43. The zero-order chi connectivity index (χ0) is 21.1. The number of nitrogens with zero attached hydrogens (tertiary/aromatic N) is 1. The molecule has 0 bridgehead atoms. The predicted octanol–water partition coefficient (Wildman–Crippen LogP) is 4.90. The van der Waals surface area contributed by atoms with E-state index in [0.717, 1.165) is 0 Å². The van der Waals surface area contributed by atoms with Gasteiger partial charge in [-0.1, -0.05) is 49.7 Å². The van der Waals surface area contributed by atoms with Crippen LogP contribution in [0.15, 0.2) is 48.5 Å². The molecule has 7 heteroatoms. The second-order valence-electron chi connectivity index (χ2n) is 7.49. The fourth-order valence-corrected chi connectivity index (χ4v) is 4.77. The lowest BCUT2D eigenvalue weighted by Crippen LogP contribution is -2.50. The quantitative estimate of drug-likeness (QED) is 0.728. The van der Waals surface area contributed by atoms with Crippen LogP contribution in [0, 0.1) is 11.7 Å². The number of amides is 2. The van der Waals surface area contributed by atoms with Gasteiger partial charge < -0.3 is 10.2 Å². The summed E-state index contributed by atoms with van der Waals surface area (Å²) in [5, 5.41) is 2.85. The highest BCUT2D eigenvalue weighted by molar-refractivity contribution is 7.99. The first-order chi connectivity index (χ1) is 13.8. The standard InChI is InChI=1S/C22H24ClFN2O2S/c1-13(2)14(3)25-20(27)19-12-29-22(15-7-6-8-16(24)11-15)26(19)21(28)17-9-4-5-10-18(17)23/h4-11,13-14,19,22H,12H2,1-3H3,(H,25,27). The number of hydrogen-bond donors (Lipinski definition) is 1. The first-order valence-corrected chi connectivity index (χ1v) is 11.0. The van der Waals surface area contributed by atoms with E-state index in [2.05, 4.69) is 5.32 Å². The molecule has 3 rings (SSSR count). The van der Waals surface area contributed by atoms with Crippen LogP contribution in [-0.4, -0.2) is 34.6 Å². The van der Waals surface area contributed by atoms with Gasteiger partial charge in [-0.25, -0.2) is 4.39 Å². The minimum Gasteiger partial charge on any atom is -0.352 e.